The maximum atomic E-state index is 12.5. The zero-order chi connectivity index (χ0) is 27.0. The summed E-state index contributed by atoms with van der Waals surface area (Å²) in [7, 11) is 1.42. The van der Waals surface area contributed by atoms with Crippen molar-refractivity contribution in [1.82, 2.24) is 20.2 Å². The Morgan fingerprint density at radius 3 is 2.50 bits per heavy atom. The van der Waals surface area contributed by atoms with Gasteiger partial charge in [-0.2, -0.15) is 13.2 Å². The van der Waals surface area contributed by atoms with Crippen LogP contribution in [-0.4, -0.2) is 72.0 Å². The standard InChI is InChI=1S/C21H29F3N4O8/c1-4-12-15(36-14(30)7-6-13(29)25-3)16(34-9-5-8-26-19(32)21(22,23)24)18(35-12)28-10-11(2)17(31)27-20(28)33/h10,12,15-16,18H,4-9H2,1-3H3,(H,25,29)(H,26,32)(H,27,31,33)/t12-,15+,16?,18-/m1/s1. The monoisotopic (exact) mass is 522 g/mol. The lowest BCUT2D eigenvalue weighted by atomic mass is 10.1. The largest absolute Gasteiger partial charge is 0.471 e. The van der Waals surface area contributed by atoms with Crippen LogP contribution in [0.15, 0.2) is 15.8 Å². The number of esters is 1. The molecule has 202 valence electrons. The number of alkyl halides is 3. The van der Waals surface area contributed by atoms with Crippen LogP contribution >= 0.6 is 0 Å². The Balaban J connectivity index is 2.20. The van der Waals surface area contributed by atoms with E-state index in [0.717, 1.165) is 4.57 Å². The zero-order valence-electron chi connectivity index (χ0n) is 20.0. The number of nitrogens with zero attached hydrogens (tertiary/aromatic N) is 1. The van der Waals surface area contributed by atoms with Gasteiger partial charge >= 0.3 is 23.7 Å². The number of halogens is 3. The number of carbonyl (C=O) groups excluding carboxylic acids is 3. The van der Waals surface area contributed by atoms with Crippen molar-refractivity contribution in [2.45, 2.75) is 70.2 Å². The van der Waals surface area contributed by atoms with Crippen molar-refractivity contribution >= 4 is 17.8 Å². The molecule has 0 saturated carbocycles. The molecule has 15 heteroatoms. The van der Waals surface area contributed by atoms with Gasteiger partial charge in [0.25, 0.3) is 5.56 Å². The molecule has 12 nitrogen and oxygen atoms in total. The second-order valence-corrected chi connectivity index (χ2v) is 8.02. The van der Waals surface area contributed by atoms with Gasteiger partial charge in [0.2, 0.25) is 5.91 Å². The van der Waals surface area contributed by atoms with E-state index in [1.165, 1.54) is 20.2 Å². The van der Waals surface area contributed by atoms with Crippen LogP contribution in [0.4, 0.5) is 13.2 Å². The van der Waals surface area contributed by atoms with Crippen molar-refractivity contribution in [2.75, 3.05) is 20.2 Å². The molecule has 0 bridgehead atoms. The fourth-order valence-corrected chi connectivity index (χ4v) is 3.50. The van der Waals surface area contributed by atoms with E-state index in [1.54, 1.807) is 12.2 Å². The van der Waals surface area contributed by atoms with Gasteiger partial charge in [0.1, 0.15) is 6.10 Å². The first-order chi connectivity index (χ1) is 16.9. The summed E-state index contributed by atoms with van der Waals surface area (Å²) < 4.78 is 55.3. The summed E-state index contributed by atoms with van der Waals surface area (Å²) in [4.78, 5) is 61.2. The Bertz CT molecular complexity index is 1050. The number of carbonyl (C=O) groups is 3. The van der Waals surface area contributed by atoms with Crippen molar-refractivity contribution < 1.29 is 41.8 Å². The van der Waals surface area contributed by atoms with Crippen LogP contribution in [0.25, 0.3) is 0 Å². The molecule has 4 atom stereocenters. The highest BCUT2D eigenvalue weighted by molar-refractivity contribution is 5.81. The summed E-state index contributed by atoms with van der Waals surface area (Å²) >= 11 is 0. The zero-order valence-corrected chi connectivity index (χ0v) is 20.0. The van der Waals surface area contributed by atoms with Gasteiger partial charge in [0.15, 0.2) is 12.3 Å². The lowest BCUT2D eigenvalue weighted by Gasteiger charge is -2.25. The van der Waals surface area contributed by atoms with Crippen molar-refractivity contribution in [3.05, 3.63) is 32.6 Å². The van der Waals surface area contributed by atoms with E-state index in [4.69, 9.17) is 14.2 Å². The maximum absolute atomic E-state index is 12.5. The first-order valence-corrected chi connectivity index (χ1v) is 11.2. The van der Waals surface area contributed by atoms with Crippen molar-refractivity contribution in [3.63, 3.8) is 0 Å². The lowest BCUT2D eigenvalue weighted by molar-refractivity contribution is -0.173. The topological polar surface area (TPSA) is 158 Å². The predicted octanol–water partition coefficient (Wildman–Crippen LogP) is 0.0442. The Labute approximate surface area is 203 Å². The van der Waals surface area contributed by atoms with Gasteiger partial charge in [-0.25, -0.2) is 4.79 Å². The van der Waals surface area contributed by atoms with E-state index in [9.17, 15) is 37.1 Å². The first kappa shape index (κ1) is 29.0. The Morgan fingerprint density at radius 1 is 1.19 bits per heavy atom. The van der Waals surface area contributed by atoms with E-state index in [-0.39, 0.29) is 43.9 Å². The van der Waals surface area contributed by atoms with Crippen molar-refractivity contribution in [1.29, 1.82) is 0 Å². The van der Waals surface area contributed by atoms with Crippen LogP contribution in [0.2, 0.25) is 0 Å². The number of nitrogens with one attached hydrogen (secondary N) is 3. The van der Waals surface area contributed by atoms with Crippen molar-refractivity contribution in [2.24, 2.45) is 0 Å². The van der Waals surface area contributed by atoms with Crippen LogP contribution in [0.1, 0.15) is 44.4 Å². The van der Waals surface area contributed by atoms with Gasteiger partial charge in [-0.05, 0) is 19.8 Å². The maximum Gasteiger partial charge on any atom is 0.471 e. The summed E-state index contributed by atoms with van der Waals surface area (Å²) in [5.74, 6) is -3.18. The summed E-state index contributed by atoms with van der Waals surface area (Å²) in [6.07, 6.45) is -7.78. The van der Waals surface area contributed by atoms with Gasteiger partial charge in [0, 0.05) is 38.4 Å². The quantitative estimate of drug-likeness (QED) is 0.272. The van der Waals surface area contributed by atoms with Crippen LogP contribution in [-0.2, 0) is 28.6 Å². The number of aryl methyl sites for hydroxylation is 1. The number of hydrogen-bond donors (Lipinski definition) is 3. The summed E-state index contributed by atoms with van der Waals surface area (Å²) in [6, 6.07) is 0. The molecular weight excluding hydrogens is 493 g/mol. The molecule has 0 aromatic carbocycles. The van der Waals surface area contributed by atoms with E-state index < -0.39 is 53.8 Å². The third kappa shape index (κ3) is 7.65. The minimum absolute atomic E-state index is 0.0290. The molecule has 2 amide bonds. The highest BCUT2D eigenvalue weighted by atomic mass is 19.4. The molecule has 2 heterocycles. The number of hydrogen-bond acceptors (Lipinski definition) is 8. The number of amides is 2. The second-order valence-electron chi connectivity index (χ2n) is 8.02. The van der Waals surface area contributed by atoms with Crippen LogP contribution in [0.5, 0.6) is 0 Å². The lowest BCUT2D eigenvalue weighted by Crippen LogP contribution is -2.42. The van der Waals surface area contributed by atoms with E-state index in [2.05, 4.69) is 10.3 Å². The van der Waals surface area contributed by atoms with Gasteiger partial charge < -0.3 is 24.8 Å². The molecule has 1 fully saturated rings. The number of H-pyrrole nitrogens is 1. The van der Waals surface area contributed by atoms with E-state index in [1.807, 2.05) is 0 Å². The minimum atomic E-state index is -5.02. The Kier molecular flexibility index (Phi) is 10.2. The molecule has 1 unspecified atom stereocenters. The third-order valence-electron chi connectivity index (χ3n) is 5.38. The first-order valence-electron chi connectivity index (χ1n) is 11.2. The average molecular weight is 522 g/mol. The highest BCUT2D eigenvalue weighted by Gasteiger charge is 2.48. The summed E-state index contributed by atoms with van der Waals surface area (Å²) in [6.45, 7) is 2.68. The Morgan fingerprint density at radius 2 is 1.89 bits per heavy atom. The molecule has 1 aromatic heterocycles. The van der Waals surface area contributed by atoms with Crippen LogP contribution in [0, 0.1) is 6.92 Å². The van der Waals surface area contributed by atoms with Gasteiger partial charge in [-0.3, -0.25) is 28.7 Å². The predicted molar refractivity (Wildman–Crippen MR) is 117 cm³/mol. The number of rotatable bonds is 11. The number of aromatic amines is 1. The fraction of sp³-hybridized carbons (Fsp3) is 0.667. The minimum Gasteiger partial charge on any atom is -0.457 e. The SMILES string of the molecule is CC[C@H]1O[C@@H](n2cc(C)c(=O)[nH]c2=O)C(OCCCNC(=O)C(F)(F)F)[C@H]1OC(=O)CCC(=O)NC. The fourth-order valence-electron chi connectivity index (χ4n) is 3.50. The molecule has 1 saturated heterocycles. The van der Waals surface area contributed by atoms with Crippen LogP contribution in [0.3, 0.4) is 0 Å². The van der Waals surface area contributed by atoms with Gasteiger partial charge in [-0.1, -0.05) is 6.92 Å². The highest BCUT2D eigenvalue weighted by Crippen LogP contribution is 2.35. The van der Waals surface area contributed by atoms with Gasteiger partial charge in [-0.15, -0.1) is 0 Å². The third-order valence-corrected chi connectivity index (χ3v) is 5.38. The average Bonchev–Trinajstić information content (AvgIpc) is 3.15. The summed E-state index contributed by atoms with van der Waals surface area (Å²) in [5.41, 5.74) is -1.20. The molecule has 36 heavy (non-hydrogen) atoms. The second kappa shape index (κ2) is 12.7. The summed E-state index contributed by atoms with van der Waals surface area (Å²) in [5, 5.41) is 4.10. The van der Waals surface area contributed by atoms with E-state index >= 15 is 0 Å². The molecule has 1 aliphatic rings. The molecular formula is C21H29F3N4O8. The van der Waals surface area contributed by atoms with Gasteiger partial charge in [0.05, 0.1) is 12.5 Å². The Hall–Kier alpha value is -3.20. The van der Waals surface area contributed by atoms with Crippen LogP contribution < -0.4 is 21.9 Å². The normalized spacial score (nSPS) is 21.7. The molecule has 0 radical (unpaired) electrons. The smallest absolute Gasteiger partial charge is 0.457 e. The van der Waals surface area contributed by atoms with E-state index in [0.29, 0.717) is 6.42 Å². The molecule has 2 rings (SSSR count). The van der Waals surface area contributed by atoms with Crippen molar-refractivity contribution in [3.8, 4) is 0 Å². The number of aromatic nitrogens is 2. The molecule has 3 N–H and O–H groups in total. The molecule has 0 spiro atoms. The molecule has 1 aliphatic heterocycles. The molecule has 0 aliphatic carbocycles. The number of ether oxygens (including phenoxy) is 3. The molecule has 1 aromatic rings.